The van der Waals surface area contributed by atoms with Crippen LogP contribution < -0.4 is 10.6 Å². The Hall–Kier alpha value is -1.92. The maximum absolute atomic E-state index is 12.1. The number of nitrogens with zero attached hydrogens (tertiary/aromatic N) is 2. The third kappa shape index (κ3) is 4.15. The number of alkyl halides is 3. The molecule has 0 aliphatic carbocycles. The van der Waals surface area contributed by atoms with Crippen LogP contribution in [0.3, 0.4) is 0 Å². The van der Waals surface area contributed by atoms with Crippen molar-refractivity contribution in [1.82, 2.24) is 0 Å². The fourth-order valence-corrected chi connectivity index (χ4v) is 1.38. The molecule has 0 spiro atoms. The topological polar surface area (TPSA) is 61.8 Å². The van der Waals surface area contributed by atoms with E-state index in [0.717, 1.165) is 0 Å². The Morgan fingerprint density at radius 1 is 1.44 bits per heavy atom. The molecule has 0 aromatic heterocycles. The number of rotatable bonds is 4. The SMILES string of the molecule is CN(CCC(F)(F)F)c1cccc(C(N)=NO)c1. The van der Waals surface area contributed by atoms with E-state index in [-0.39, 0.29) is 12.4 Å². The molecule has 0 saturated heterocycles. The van der Waals surface area contributed by atoms with Gasteiger partial charge in [0.15, 0.2) is 5.84 Å². The van der Waals surface area contributed by atoms with Crippen molar-refractivity contribution in [3.05, 3.63) is 29.8 Å². The standard InChI is InChI=1S/C11H14F3N3O/c1-17(6-5-11(12,13)14)9-4-2-3-8(7-9)10(15)16-18/h2-4,7,18H,5-6H2,1H3,(H2,15,16). The number of oxime groups is 1. The molecule has 0 atom stereocenters. The van der Waals surface area contributed by atoms with Crippen LogP contribution in [0.15, 0.2) is 29.4 Å². The molecule has 18 heavy (non-hydrogen) atoms. The Kier molecular flexibility index (Phi) is 4.41. The van der Waals surface area contributed by atoms with Crippen LogP contribution in [0.1, 0.15) is 12.0 Å². The molecule has 0 aliphatic heterocycles. The minimum atomic E-state index is -4.18. The van der Waals surface area contributed by atoms with Gasteiger partial charge in [-0.25, -0.2) is 0 Å². The number of benzene rings is 1. The largest absolute Gasteiger partial charge is 0.409 e. The van der Waals surface area contributed by atoms with Gasteiger partial charge in [0, 0.05) is 24.8 Å². The third-order valence-electron chi connectivity index (χ3n) is 2.42. The first kappa shape index (κ1) is 14.1. The molecule has 0 radical (unpaired) electrons. The maximum Gasteiger partial charge on any atom is 0.390 e. The summed E-state index contributed by atoms with van der Waals surface area (Å²) < 4.78 is 36.3. The average Bonchev–Trinajstić information content (AvgIpc) is 2.34. The summed E-state index contributed by atoms with van der Waals surface area (Å²) >= 11 is 0. The summed E-state index contributed by atoms with van der Waals surface area (Å²) in [6.07, 6.45) is -5.07. The average molecular weight is 261 g/mol. The van der Waals surface area contributed by atoms with Crippen molar-refractivity contribution in [3.8, 4) is 0 Å². The number of anilines is 1. The number of halogens is 3. The summed E-state index contributed by atoms with van der Waals surface area (Å²) in [4.78, 5) is 1.46. The molecule has 0 unspecified atom stereocenters. The first-order chi connectivity index (χ1) is 8.33. The van der Waals surface area contributed by atoms with Gasteiger partial charge in [0.2, 0.25) is 0 Å². The number of nitrogens with two attached hydrogens (primary N) is 1. The van der Waals surface area contributed by atoms with Gasteiger partial charge in [-0.05, 0) is 12.1 Å². The highest BCUT2D eigenvalue weighted by atomic mass is 19.4. The van der Waals surface area contributed by atoms with Crippen LogP contribution >= 0.6 is 0 Å². The van der Waals surface area contributed by atoms with Gasteiger partial charge < -0.3 is 15.8 Å². The molecule has 1 aromatic carbocycles. The molecular weight excluding hydrogens is 247 g/mol. The molecule has 100 valence electrons. The van der Waals surface area contributed by atoms with Gasteiger partial charge in [0.25, 0.3) is 0 Å². The monoisotopic (exact) mass is 261 g/mol. The van der Waals surface area contributed by atoms with E-state index in [1.54, 1.807) is 31.3 Å². The number of amidine groups is 1. The highest BCUT2D eigenvalue weighted by molar-refractivity contribution is 5.97. The molecule has 1 aromatic rings. The van der Waals surface area contributed by atoms with Crippen LogP contribution in [-0.2, 0) is 0 Å². The van der Waals surface area contributed by atoms with Gasteiger partial charge in [0.1, 0.15) is 0 Å². The van der Waals surface area contributed by atoms with E-state index in [2.05, 4.69) is 5.16 Å². The van der Waals surface area contributed by atoms with Crippen LogP contribution in [0.2, 0.25) is 0 Å². The second-order valence-corrected chi connectivity index (χ2v) is 3.82. The van der Waals surface area contributed by atoms with Gasteiger partial charge in [-0.15, -0.1) is 0 Å². The van der Waals surface area contributed by atoms with Crippen molar-refractivity contribution >= 4 is 11.5 Å². The van der Waals surface area contributed by atoms with Crippen LogP contribution in [0, 0.1) is 0 Å². The molecule has 3 N–H and O–H groups in total. The molecule has 0 heterocycles. The molecule has 0 saturated carbocycles. The van der Waals surface area contributed by atoms with Gasteiger partial charge in [-0.1, -0.05) is 17.3 Å². The van der Waals surface area contributed by atoms with Crippen molar-refractivity contribution in [2.75, 3.05) is 18.5 Å². The smallest absolute Gasteiger partial charge is 0.390 e. The van der Waals surface area contributed by atoms with Crippen LogP contribution in [-0.4, -0.2) is 30.8 Å². The Bertz CT molecular complexity index is 432. The van der Waals surface area contributed by atoms with E-state index in [0.29, 0.717) is 11.3 Å². The van der Waals surface area contributed by atoms with Crippen LogP contribution in [0.4, 0.5) is 18.9 Å². The molecule has 4 nitrogen and oxygen atoms in total. The zero-order valence-corrected chi connectivity index (χ0v) is 9.78. The highest BCUT2D eigenvalue weighted by Gasteiger charge is 2.27. The summed E-state index contributed by atoms with van der Waals surface area (Å²) in [6, 6.07) is 6.46. The van der Waals surface area contributed by atoms with Gasteiger partial charge in [0.05, 0.1) is 6.42 Å². The van der Waals surface area contributed by atoms with E-state index < -0.39 is 12.6 Å². The van der Waals surface area contributed by atoms with E-state index in [4.69, 9.17) is 10.9 Å². The fraction of sp³-hybridized carbons (Fsp3) is 0.364. The quantitative estimate of drug-likeness (QED) is 0.378. The second-order valence-electron chi connectivity index (χ2n) is 3.82. The molecular formula is C11H14F3N3O. The van der Waals surface area contributed by atoms with Crippen LogP contribution in [0.5, 0.6) is 0 Å². The first-order valence-electron chi connectivity index (χ1n) is 5.19. The van der Waals surface area contributed by atoms with Gasteiger partial charge >= 0.3 is 6.18 Å². The molecule has 0 amide bonds. The summed E-state index contributed by atoms with van der Waals surface area (Å²) in [5.41, 5.74) is 6.43. The lowest BCUT2D eigenvalue weighted by Crippen LogP contribution is -2.24. The number of hydrogen-bond acceptors (Lipinski definition) is 3. The summed E-state index contributed by atoms with van der Waals surface area (Å²) in [7, 11) is 1.55. The molecule has 0 fully saturated rings. The van der Waals surface area contributed by atoms with E-state index in [9.17, 15) is 13.2 Å². The van der Waals surface area contributed by atoms with Crippen molar-refractivity contribution < 1.29 is 18.4 Å². The number of hydrogen-bond donors (Lipinski definition) is 2. The fourth-order valence-electron chi connectivity index (χ4n) is 1.38. The molecule has 1 rings (SSSR count). The zero-order chi connectivity index (χ0) is 13.8. The van der Waals surface area contributed by atoms with Crippen molar-refractivity contribution in [2.24, 2.45) is 10.9 Å². The predicted octanol–water partition coefficient (Wildman–Crippen LogP) is 2.17. The Balaban J connectivity index is 2.77. The van der Waals surface area contributed by atoms with Crippen molar-refractivity contribution in [2.45, 2.75) is 12.6 Å². The van der Waals surface area contributed by atoms with E-state index >= 15 is 0 Å². The Labute approximate surface area is 102 Å². The Morgan fingerprint density at radius 2 is 2.11 bits per heavy atom. The predicted molar refractivity (Wildman–Crippen MR) is 62.9 cm³/mol. The minimum Gasteiger partial charge on any atom is -0.409 e. The minimum absolute atomic E-state index is 0.0823. The molecule has 0 bridgehead atoms. The maximum atomic E-state index is 12.1. The summed E-state index contributed by atoms with van der Waals surface area (Å²) in [5, 5.41) is 11.4. The van der Waals surface area contributed by atoms with Gasteiger partial charge in [-0.3, -0.25) is 0 Å². The zero-order valence-electron chi connectivity index (χ0n) is 9.78. The van der Waals surface area contributed by atoms with E-state index in [1.807, 2.05) is 0 Å². The van der Waals surface area contributed by atoms with Crippen molar-refractivity contribution in [1.29, 1.82) is 0 Å². The normalized spacial score (nSPS) is 12.6. The lowest BCUT2D eigenvalue weighted by Gasteiger charge is -2.20. The van der Waals surface area contributed by atoms with Crippen molar-refractivity contribution in [3.63, 3.8) is 0 Å². The van der Waals surface area contributed by atoms with E-state index in [1.165, 1.54) is 4.90 Å². The second kappa shape index (κ2) is 5.61. The third-order valence-corrected chi connectivity index (χ3v) is 2.42. The lowest BCUT2D eigenvalue weighted by atomic mass is 10.1. The Morgan fingerprint density at radius 3 is 2.67 bits per heavy atom. The molecule has 0 aliphatic rings. The first-order valence-corrected chi connectivity index (χ1v) is 5.19. The highest BCUT2D eigenvalue weighted by Crippen LogP contribution is 2.22. The van der Waals surface area contributed by atoms with Crippen LogP contribution in [0.25, 0.3) is 0 Å². The summed E-state index contributed by atoms with van der Waals surface area (Å²) in [6.45, 7) is -0.150. The lowest BCUT2D eigenvalue weighted by molar-refractivity contribution is -0.132. The molecule has 7 heteroatoms. The van der Waals surface area contributed by atoms with Gasteiger partial charge in [-0.2, -0.15) is 13.2 Å². The summed E-state index contributed by atoms with van der Waals surface area (Å²) in [5.74, 6) is -0.0823.